The number of hydrogen-bond acceptors (Lipinski definition) is 7. The van der Waals surface area contributed by atoms with E-state index in [2.05, 4.69) is 10.2 Å². The van der Waals surface area contributed by atoms with E-state index < -0.39 is 0 Å². The maximum absolute atomic E-state index is 12.7. The van der Waals surface area contributed by atoms with Crippen molar-refractivity contribution in [1.29, 1.82) is 0 Å². The van der Waals surface area contributed by atoms with E-state index in [4.69, 9.17) is 13.9 Å². The summed E-state index contributed by atoms with van der Waals surface area (Å²) < 4.78 is 16.4. The van der Waals surface area contributed by atoms with E-state index in [1.54, 1.807) is 26.4 Å². The van der Waals surface area contributed by atoms with E-state index in [9.17, 15) is 4.79 Å². The van der Waals surface area contributed by atoms with Crippen molar-refractivity contribution < 1.29 is 18.7 Å². The molecule has 2 heterocycles. The Hall–Kier alpha value is -3.00. The molecular formula is C23H25N3O4S. The fraction of sp³-hybridized carbons (Fsp3) is 0.348. The molecule has 7 nitrogen and oxygen atoms in total. The second-order valence-corrected chi connectivity index (χ2v) is 8.21. The SMILES string of the molecule is COc1ccc(-c2nnc(SCc3cccc(C(=O)N4CCCCC4)c3)o2)cc1OC. The maximum Gasteiger partial charge on any atom is 0.277 e. The molecule has 0 N–H and O–H groups in total. The quantitative estimate of drug-likeness (QED) is 0.495. The van der Waals surface area contributed by atoms with Crippen LogP contribution >= 0.6 is 11.8 Å². The van der Waals surface area contributed by atoms with Gasteiger partial charge in [-0.15, -0.1) is 10.2 Å². The summed E-state index contributed by atoms with van der Waals surface area (Å²) in [6.45, 7) is 1.69. The van der Waals surface area contributed by atoms with Crippen molar-refractivity contribution in [3.05, 3.63) is 53.6 Å². The van der Waals surface area contributed by atoms with Crippen molar-refractivity contribution in [2.24, 2.45) is 0 Å². The van der Waals surface area contributed by atoms with Crippen LogP contribution in [0, 0.1) is 0 Å². The largest absolute Gasteiger partial charge is 0.493 e. The van der Waals surface area contributed by atoms with Crippen LogP contribution in [-0.2, 0) is 5.75 Å². The molecular weight excluding hydrogens is 414 g/mol. The van der Waals surface area contributed by atoms with Crippen LogP contribution in [0.3, 0.4) is 0 Å². The molecule has 1 aliphatic heterocycles. The highest BCUT2D eigenvalue weighted by molar-refractivity contribution is 7.98. The molecule has 0 saturated carbocycles. The molecule has 0 unspecified atom stereocenters. The van der Waals surface area contributed by atoms with Crippen molar-refractivity contribution in [3.63, 3.8) is 0 Å². The third-order valence-corrected chi connectivity index (χ3v) is 6.11. The van der Waals surface area contributed by atoms with Crippen LogP contribution in [0.2, 0.25) is 0 Å². The van der Waals surface area contributed by atoms with Crippen molar-refractivity contribution in [3.8, 4) is 23.0 Å². The first kappa shape index (κ1) is 21.2. The van der Waals surface area contributed by atoms with Gasteiger partial charge >= 0.3 is 0 Å². The number of thioether (sulfide) groups is 1. The Labute approximate surface area is 185 Å². The molecule has 1 aromatic heterocycles. The molecule has 1 fully saturated rings. The predicted molar refractivity (Wildman–Crippen MR) is 119 cm³/mol. The number of likely N-dealkylation sites (tertiary alicyclic amines) is 1. The highest BCUT2D eigenvalue weighted by atomic mass is 32.2. The molecule has 3 aromatic rings. The number of aromatic nitrogens is 2. The monoisotopic (exact) mass is 439 g/mol. The summed E-state index contributed by atoms with van der Waals surface area (Å²) in [7, 11) is 3.18. The van der Waals surface area contributed by atoms with Crippen LogP contribution in [-0.4, -0.2) is 48.3 Å². The molecule has 0 spiro atoms. The van der Waals surface area contributed by atoms with Crippen molar-refractivity contribution in [2.45, 2.75) is 30.2 Å². The van der Waals surface area contributed by atoms with Crippen molar-refractivity contribution in [1.82, 2.24) is 15.1 Å². The Kier molecular flexibility index (Phi) is 6.76. The van der Waals surface area contributed by atoms with Gasteiger partial charge in [0.2, 0.25) is 5.89 Å². The lowest BCUT2D eigenvalue weighted by molar-refractivity contribution is 0.0724. The molecule has 1 saturated heterocycles. The molecule has 4 rings (SSSR count). The fourth-order valence-electron chi connectivity index (χ4n) is 3.57. The van der Waals surface area contributed by atoms with E-state index in [1.807, 2.05) is 35.2 Å². The van der Waals surface area contributed by atoms with Crippen LogP contribution < -0.4 is 9.47 Å². The van der Waals surface area contributed by atoms with E-state index >= 15 is 0 Å². The van der Waals surface area contributed by atoms with Gasteiger partial charge in [-0.3, -0.25) is 4.79 Å². The number of carbonyl (C=O) groups is 1. The molecule has 8 heteroatoms. The van der Waals surface area contributed by atoms with Crippen molar-refractivity contribution >= 4 is 17.7 Å². The summed E-state index contributed by atoms with van der Waals surface area (Å²) in [6.07, 6.45) is 3.37. The van der Waals surface area contributed by atoms with Crippen LogP contribution in [0.4, 0.5) is 0 Å². The second-order valence-electron chi connectivity index (χ2n) is 7.28. The Balaban J connectivity index is 1.41. The number of amides is 1. The lowest BCUT2D eigenvalue weighted by atomic mass is 10.1. The Morgan fingerprint density at radius 2 is 1.84 bits per heavy atom. The highest BCUT2D eigenvalue weighted by Crippen LogP contribution is 2.33. The Bertz CT molecular complexity index is 1050. The lowest BCUT2D eigenvalue weighted by Crippen LogP contribution is -2.35. The van der Waals surface area contributed by atoms with Gasteiger partial charge in [0.15, 0.2) is 11.5 Å². The molecule has 162 valence electrons. The van der Waals surface area contributed by atoms with Gasteiger partial charge in [-0.2, -0.15) is 0 Å². The first-order valence-electron chi connectivity index (χ1n) is 10.2. The second kappa shape index (κ2) is 9.87. The number of hydrogen-bond donors (Lipinski definition) is 0. The maximum atomic E-state index is 12.7. The fourth-order valence-corrected chi connectivity index (χ4v) is 4.28. The molecule has 31 heavy (non-hydrogen) atoms. The van der Waals surface area contributed by atoms with Gasteiger partial charge in [-0.1, -0.05) is 23.9 Å². The number of benzene rings is 2. The molecule has 1 aliphatic rings. The Morgan fingerprint density at radius 3 is 2.61 bits per heavy atom. The van der Waals surface area contributed by atoms with Gasteiger partial charge in [0.1, 0.15) is 0 Å². The lowest BCUT2D eigenvalue weighted by Gasteiger charge is -2.26. The Morgan fingerprint density at radius 1 is 1.03 bits per heavy atom. The number of nitrogens with zero attached hydrogens (tertiary/aromatic N) is 3. The topological polar surface area (TPSA) is 77.7 Å². The van der Waals surface area contributed by atoms with E-state index in [-0.39, 0.29) is 5.91 Å². The number of piperidine rings is 1. The molecule has 0 bridgehead atoms. The molecule has 0 aliphatic carbocycles. The zero-order chi connectivity index (χ0) is 21.6. The zero-order valence-corrected chi connectivity index (χ0v) is 18.5. The number of methoxy groups -OCH3 is 2. The average molecular weight is 440 g/mol. The van der Waals surface area contributed by atoms with Gasteiger partial charge in [-0.25, -0.2) is 0 Å². The standard InChI is InChI=1S/C23H25N3O4S/c1-28-19-10-9-17(14-20(19)29-2)21-24-25-23(30-21)31-15-16-7-6-8-18(13-16)22(27)26-11-4-3-5-12-26/h6-10,13-14H,3-5,11-12,15H2,1-2H3. The predicted octanol–water partition coefficient (Wildman–Crippen LogP) is 4.67. The highest BCUT2D eigenvalue weighted by Gasteiger charge is 2.18. The molecule has 1 amide bonds. The summed E-state index contributed by atoms with van der Waals surface area (Å²) >= 11 is 1.44. The van der Waals surface area contributed by atoms with E-state index in [0.29, 0.717) is 28.4 Å². The summed E-state index contributed by atoms with van der Waals surface area (Å²) in [5, 5.41) is 8.75. The first-order valence-corrected chi connectivity index (χ1v) is 11.2. The minimum absolute atomic E-state index is 0.111. The molecule has 0 radical (unpaired) electrons. The average Bonchev–Trinajstić information content (AvgIpc) is 3.31. The van der Waals surface area contributed by atoms with Crippen LogP contribution in [0.15, 0.2) is 52.1 Å². The van der Waals surface area contributed by atoms with Gasteiger partial charge < -0.3 is 18.8 Å². The van der Waals surface area contributed by atoms with Gasteiger partial charge in [0, 0.05) is 30.0 Å². The first-order chi connectivity index (χ1) is 15.2. The summed E-state index contributed by atoms with van der Waals surface area (Å²) in [4.78, 5) is 14.7. The summed E-state index contributed by atoms with van der Waals surface area (Å²) in [6, 6.07) is 13.2. The van der Waals surface area contributed by atoms with E-state index in [1.165, 1.54) is 18.2 Å². The number of rotatable bonds is 7. The van der Waals surface area contributed by atoms with Crippen LogP contribution in [0.5, 0.6) is 11.5 Å². The van der Waals surface area contributed by atoms with Crippen LogP contribution in [0.25, 0.3) is 11.5 Å². The summed E-state index contributed by atoms with van der Waals surface area (Å²) in [5.41, 5.74) is 2.53. The third kappa shape index (κ3) is 5.02. The van der Waals surface area contributed by atoms with Crippen LogP contribution in [0.1, 0.15) is 35.2 Å². The third-order valence-electron chi connectivity index (χ3n) is 5.22. The van der Waals surface area contributed by atoms with Crippen molar-refractivity contribution in [2.75, 3.05) is 27.3 Å². The zero-order valence-electron chi connectivity index (χ0n) is 17.7. The normalized spacial score (nSPS) is 13.8. The van der Waals surface area contributed by atoms with Gasteiger partial charge in [0.05, 0.1) is 14.2 Å². The smallest absolute Gasteiger partial charge is 0.277 e. The summed E-state index contributed by atoms with van der Waals surface area (Å²) in [5.74, 6) is 2.40. The van der Waals surface area contributed by atoms with Gasteiger partial charge in [-0.05, 0) is 55.2 Å². The number of ether oxygens (including phenoxy) is 2. The minimum atomic E-state index is 0.111. The molecule has 0 atom stereocenters. The van der Waals surface area contributed by atoms with Gasteiger partial charge in [0.25, 0.3) is 11.1 Å². The minimum Gasteiger partial charge on any atom is -0.493 e. The van der Waals surface area contributed by atoms with E-state index in [0.717, 1.165) is 42.6 Å². The number of carbonyl (C=O) groups excluding carboxylic acids is 1. The molecule has 2 aromatic carbocycles.